The number of nitrogens with one attached hydrogen (secondary N) is 2. The van der Waals surface area contributed by atoms with Crippen molar-refractivity contribution in [1.82, 2.24) is 25.5 Å². The Morgan fingerprint density at radius 1 is 1.10 bits per heavy atom. The van der Waals surface area contributed by atoms with E-state index in [1.54, 1.807) is 37.6 Å². The predicted octanol–water partition coefficient (Wildman–Crippen LogP) is 1.64. The molecule has 1 amide bonds. The largest absolute Gasteiger partial charge is 0.356 e. The minimum Gasteiger partial charge on any atom is -0.356 e. The second-order valence-electron chi connectivity index (χ2n) is 6.65. The number of rotatable bonds is 6. The highest BCUT2D eigenvalue weighted by molar-refractivity contribution is 14.0. The summed E-state index contributed by atoms with van der Waals surface area (Å²) in [4.78, 5) is 29.1. The van der Waals surface area contributed by atoms with E-state index in [1.165, 1.54) is 12.1 Å². The Hall–Kier alpha value is -2.50. The standard InChI is InChI=1S/C20H26FN7O.HI/c1-22-19(26-15-16-3-5-17(21)6-4-16)23-10-7-18(29)27-11-13-28(14-12-27)20-24-8-2-9-25-20;/h2-6,8-9H,7,10-15H2,1H3,(H2,22,23,26);1H. The summed E-state index contributed by atoms with van der Waals surface area (Å²) in [5.41, 5.74) is 0.950. The lowest BCUT2D eigenvalue weighted by atomic mass is 10.2. The summed E-state index contributed by atoms with van der Waals surface area (Å²) in [7, 11) is 1.67. The molecule has 0 spiro atoms. The Kier molecular flexibility index (Phi) is 9.71. The molecule has 0 bridgehead atoms. The minimum atomic E-state index is -0.258. The second-order valence-corrected chi connectivity index (χ2v) is 6.65. The number of hydrogen-bond donors (Lipinski definition) is 2. The number of hydrogen-bond acceptors (Lipinski definition) is 5. The van der Waals surface area contributed by atoms with Gasteiger partial charge in [-0.3, -0.25) is 9.79 Å². The Labute approximate surface area is 193 Å². The molecule has 0 atom stereocenters. The minimum absolute atomic E-state index is 0. The third-order valence-corrected chi connectivity index (χ3v) is 4.70. The number of aromatic nitrogens is 2. The molecule has 0 radical (unpaired) electrons. The maximum Gasteiger partial charge on any atom is 0.225 e. The first-order valence-electron chi connectivity index (χ1n) is 9.64. The summed E-state index contributed by atoms with van der Waals surface area (Å²) in [6, 6.07) is 8.09. The number of nitrogens with zero attached hydrogens (tertiary/aromatic N) is 5. The molecule has 0 saturated carbocycles. The van der Waals surface area contributed by atoms with Gasteiger partial charge in [-0.2, -0.15) is 0 Å². The number of halogens is 2. The highest BCUT2D eigenvalue weighted by Crippen LogP contribution is 2.10. The normalized spacial score (nSPS) is 14.1. The van der Waals surface area contributed by atoms with Gasteiger partial charge in [-0.05, 0) is 23.8 Å². The molecule has 1 aromatic carbocycles. The lowest BCUT2D eigenvalue weighted by molar-refractivity contribution is -0.131. The van der Waals surface area contributed by atoms with Gasteiger partial charge in [-0.15, -0.1) is 24.0 Å². The molecular weight excluding hydrogens is 500 g/mol. The van der Waals surface area contributed by atoms with E-state index in [2.05, 4.69) is 30.5 Å². The van der Waals surface area contributed by atoms with E-state index in [1.807, 2.05) is 4.90 Å². The lowest BCUT2D eigenvalue weighted by Crippen LogP contribution is -2.50. The van der Waals surface area contributed by atoms with Crippen molar-refractivity contribution in [3.8, 4) is 0 Å². The fourth-order valence-electron chi connectivity index (χ4n) is 3.06. The van der Waals surface area contributed by atoms with E-state index < -0.39 is 0 Å². The molecule has 3 rings (SSSR count). The topological polar surface area (TPSA) is 85.8 Å². The van der Waals surface area contributed by atoms with Crippen LogP contribution in [0.3, 0.4) is 0 Å². The maximum atomic E-state index is 13.0. The van der Waals surface area contributed by atoms with E-state index in [0.29, 0.717) is 44.5 Å². The summed E-state index contributed by atoms with van der Waals surface area (Å²) in [6.07, 6.45) is 3.84. The molecule has 10 heteroatoms. The number of piperazine rings is 1. The third-order valence-electron chi connectivity index (χ3n) is 4.70. The number of aliphatic imine (C=N–C) groups is 1. The second kappa shape index (κ2) is 12.3. The van der Waals surface area contributed by atoms with Crippen molar-refractivity contribution < 1.29 is 9.18 Å². The van der Waals surface area contributed by atoms with Crippen molar-refractivity contribution in [2.24, 2.45) is 4.99 Å². The maximum absolute atomic E-state index is 13.0. The van der Waals surface area contributed by atoms with E-state index >= 15 is 0 Å². The van der Waals surface area contributed by atoms with Gasteiger partial charge in [0.05, 0.1) is 0 Å². The van der Waals surface area contributed by atoms with Crippen molar-refractivity contribution in [1.29, 1.82) is 0 Å². The SMILES string of the molecule is CN=C(NCCC(=O)N1CCN(c2ncccn2)CC1)NCc1ccc(F)cc1.I. The zero-order valence-electron chi connectivity index (χ0n) is 16.9. The number of amides is 1. The molecule has 1 aliphatic heterocycles. The average molecular weight is 527 g/mol. The van der Waals surface area contributed by atoms with Crippen LogP contribution in [0.25, 0.3) is 0 Å². The Morgan fingerprint density at radius 3 is 2.40 bits per heavy atom. The average Bonchev–Trinajstić information content (AvgIpc) is 2.78. The molecule has 162 valence electrons. The van der Waals surface area contributed by atoms with Crippen molar-refractivity contribution >= 4 is 41.8 Å². The lowest BCUT2D eigenvalue weighted by Gasteiger charge is -2.34. The first kappa shape index (κ1) is 23.8. The Morgan fingerprint density at radius 2 is 1.77 bits per heavy atom. The van der Waals surface area contributed by atoms with Crippen LogP contribution in [0.15, 0.2) is 47.7 Å². The van der Waals surface area contributed by atoms with Gasteiger partial charge in [0.2, 0.25) is 11.9 Å². The predicted molar refractivity (Wildman–Crippen MR) is 125 cm³/mol. The fraction of sp³-hybridized carbons (Fsp3) is 0.400. The number of carbonyl (C=O) groups excluding carboxylic acids is 1. The summed E-state index contributed by atoms with van der Waals surface area (Å²) >= 11 is 0. The van der Waals surface area contributed by atoms with Gasteiger partial charge in [0.1, 0.15) is 5.82 Å². The van der Waals surface area contributed by atoms with Crippen LogP contribution in [0.4, 0.5) is 10.3 Å². The quantitative estimate of drug-likeness (QED) is 0.338. The fourth-order valence-corrected chi connectivity index (χ4v) is 3.06. The van der Waals surface area contributed by atoms with Crippen LogP contribution < -0.4 is 15.5 Å². The van der Waals surface area contributed by atoms with Crippen LogP contribution in [0.2, 0.25) is 0 Å². The molecule has 2 N–H and O–H groups in total. The van der Waals surface area contributed by atoms with E-state index in [0.717, 1.165) is 18.7 Å². The highest BCUT2D eigenvalue weighted by atomic mass is 127. The van der Waals surface area contributed by atoms with Gasteiger partial charge in [0, 0.05) is 65.1 Å². The number of carbonyl (C=O) groups is 1. The van der Waals surface area contributed by atoms with Crippen molar-refractivity contribution in [3.63, 3.8) is 0 Å². The Balaban J connectivity index is 0.00000320. The molecule has 1 aliphatic rings. The molecule has 2 heterocycles. The van der Waals surface area contributed by atoms with Crippen molar-refractivity contribution in [2.75, 3.05) is 44.7 Å². The molecule has 0 aliphatic carbocycles. The van der Waals surface area contributed by atoms with Gasteiger partial charge in [0.25, 0.3) is 0 Å². The Bertz CT molecular complexity index is 812. The van der Waals surface area contributed by atoms with Crippen LogP contribution in [0.1, 0.15) is 12.0 Å². The first-order chi connectivity index (χ1) is 14.2. The zero-order chi connectivity index (χ0) is 20.5. The van der Waals surface area contributed by atoms with Crippen LogP contribution in [0, 0.1) is 5.82 Å². The summed E-state index contributed by atoms with van der Waals surface area (Å²) < 4.78 is 13.0. The van der Waals surface area contributed by atoms with Crippen LogP contribution in [-0.2, 0) is 11.3 Å². The molecule has 1 fully saturated rings. The van der Waals surface area contributed by atoms with Gasteiger partial charge in [-0.25, -0.2) is 14.4 Å². The molecule has 8 nitrogen and oxygen atoms in total. The highest BCUT2D eigenvalue weighted by Gasteiger charge is 2.22. The summed E-state index contributed by atoms with van der Waals surface area (Å²) in [6.45, 7) is 3.79. The summed E-state index contributed by atoms with van der Waals surface area (Å²) in [5.74, 6) is 1.16. The van der Waals surface area contributed by atoms with Gasteiger partial charge in [-0.1, -0.05) is 12.1 Å². The summed E-state index contributed by atoms with van der Waals surface area (Å²) in [5, 5.41) is 6.30. The number of anilines is 1. The molecule has 2 aromatic rings. The molecule has 30 heavy (non-hydrogen) atoms. The van der Waals surface area contributed by atoms with E-state index in [9.17, 15) is 9.18 Å². The third kappa shape index (κ3) is 7.08. The van der Waals surface area contributed by atoms with Crippen LogP contribution >= 0.6 is 24.0 Å². The van der Waals surface area contributed by atoms with Crippen LogP contribution in [0.5, 0.6) is 0 Å². The molecule has 1 saturated heterocycles. The molecular formula is C20H27FIN7O. The first-order valence-corrected chi connectivity index (χ1v) is 9.64. The van der Waals surface area contributed by atoms with Crippen molar-refractivity contribution in [2.45, 2.75) is 13.0 Å². The van der Waals surface area contributed by atoms with Gasteiger partial charge < -0.3 is 20.4 Å². The smallest absolute Gasteiger partial charge is 0.225 e. The van der Waals surface area contributed by atoms with Gasteiger partial charge >= 0.3 is 0 Å². The van der Waals surface area contributed by atoms with Gasteiger partial charge in [0.15, 0.2) is 5.96 Å². The van der Waals surface area contributed by atoms with E-state index in [4.69, 9.17) is 0 Å². The van der Waals surface area contributed by atoms with Crippen molar-refractivity contribution in [3.05, 3.63) is 54.1 Å². The van der Waals surface area contributed by atoms with E-state index in [-0.39, 0.29) is 35.7 Å². The molecule has 1 aromatic heterocycles. The zero-order valence-corrected chi connectivity index (χ0v) is 19.3. The number of guanidine groups is 1. The monoisotopic (exact) mass is 527 g/mol. The van der Waals surface area contributed by atoms with Crippen LogP contribution in [-0.4, -0.2) is 66.5 Å². The number of benzene rings is 1. The molecule has 0 unspecified atom stereocenters.